The number of rotatable bonds is 8. The number of hydrogen-bond donors (Lipinski definition) is 0. The van der Waals surface area contributed by atoms with Crippen LogP contribution in [0.3, 0.4) is 0 Å². The van der Waals surface area contributed by atoms with E-state index in [1.165, 1.54) is 5.56 Å². The SMILES string of the molecule is C=CCCc1ccc(/C=N/N=C/c2ccc(-c3ccc(CF)cc3)cc2)cc1. The van der Waals surface area contributed by atoms with E-state index in [9.17, 15) is 4.39 Å². The molecule has 0 saturated heterocycles. The number of halogens is 1. The van der Waals surface area contributed by atoms with Crippen molar-refractivity contribution >= 4 is 12.4 Å². The standard InChI is InChI=1S/C25H23FN2/c1-2-3-4-20-5-7-22(8-6-20)18-27-28-19-23-11-15-25(16-12-23)24-13-9-21(17-26)10-14-24/h2,5-16,18-19H,1,3-4,17H2/b27-18+,28-19+. The van der Waals surface area contributed by atoms with Crippen LogP contribution in [0.5, 0.6) is 0 Å². The minimum absolute atomic E-state index is 0.435. The van der Waals surface area contributed by atoms with Crippen LogP contribution in [-0.4, -0.2) is 12.4 Å². The normalized spacial score (nSPS) is 11.3. The van der Waals surface area contributed by atoms with E-state index in [0.29, 0.717) is 5.56 Å². The van der Waals surface area contributed by atoms with E-state index in [-0.39, 0.29) is 0 Å². The fraction of sp³-hybridized carbons (Fsp3) is 0.120. The Labute approximate surface area is 165 Å². The monoisotopic (exact) mass is 370 g/mol. The van der Waals surface area contributed by atoms with Crippen molar-refractivity contribution in [2.24, 2.45) is 10.2 Å². The van der Waals surface area contributed by atoms with Crippen molar-refractivity contribution in [2.45, 2.75) is 19.5 Å². The van der Waals surface area contributed by atoms with Crippen LogP contribution in [0.2, 0.25) is 0 Å². The topological polar surface area (TPSA) is 24.7 Å². The molecule has 0 N–H and O–H groups in total. The summed E-state index contributed by atoms with van der Waals surface area (Å²) in [6.07, 6.45) is 7.40. The molecule has 0 heterocycles. The maximum absolute atomic E-state index is 12.6. The minimum atomic E-state index is -0.435. The molecule has 0 saturated carbocycles. The zero-order valence-electron chi connectivity index (χ0n) is 15.8. The second-order valence-corrected chi connectivity index (χ2v) is 6.51. The molecule has 28 heavy (non-hydrogen) atoms. The van der Waals surface area contributed by atoms with Crippen LogP contribution >= 0.6 is 0 Å². The second kappa shape index (κ2) is 10.1. The summed E-state index contributed by atoms with van der Waals surface area (Å²) in [6.45, 7) is 3.31. The molecule has 3 heteroatoms. The number of benzene rings is 3. The highest BCUT2D eigenvalue weighted by molar-refractivity contribution is 5.83. The summed E-state index contributed by atoms with van der Waals surface area (Å²) in [5.41, 5.74) is 6.13. The number of hydrogen-bond acceptors (Lipinski definition) is 2. The van der Waals surface area contributed by atoms with Crippen LogP contribution in [0.25, 0.3) is 11.1 Å². The lowest BCUT2D eigenvalue weighted by molar-refractivity contribution is 0.485. The van der Waals surface area contributed by atoms with E-state index in [1.807, 2.05) is 66.7 Å². The lowest BCUT2D eigenvalue weighted by atomic mass is 10.0. The van der Waals surface area contributed by atoms with Gasteiger partial charge in [-0.3, -0.25) is 0 Å². The highest BCUT2D eigenvalue weighted by Gasteiger charge is 1.98. The molecular formula is C25H23FN2. The Balaban J connectivity index is 1.58. The van der Waals surface area contributed by atoms with Crippen molar-refractivity contribution in [2.75, 3.05) is 0 Å². The highest BCUT2D eigenvalue weighted by atomic mass is 19.1. The van der Waals surface area contributed by atoms with Gasteiger partial charge in [0, 0.05) is 0 Å². The molecule has 0 radical (unpaired) electrons. The smallest absolute Gasteiger partial charge is 0.115 e. The summed E-state index contributed by atoms with van der Waals surface area (Å²) in [6, 6.07) is 23.8. The van der Waals surface area contributed by atoms with Gasteiger partial charge in [-0.2, -0.15) is 10.2 Å². The molecule has 0 bridgehead atoms. The average molecular weight is 370 g/mol. The van der Waals surface area contributed by atoms with Gasteiger partial charge in [-0.1, -0.05) is 78.9 Å². The molecule has 0 aromatic heterocycles. The first kappa shape index (κ1) is 19.4. The summed E-state index contributed by atoms with van der Waals surface area (Å²) >= 11 is 0. The van der Waals surface area contributed by atoms with Crippen LogP contribution in [0, 0.1) is 0 Å². The van der Waals surface area contributed by atoms with E-state index >= 15 is 0 Å². The van der Waals surface area contributed by atoms with Gasteiger partial charge in [-0.05, 0) is 46.2 Å². The van der Waals surface area contributed by atoms with Crippen molar-refractivity contribution in [1.82, 2.24) is 0 Å². The maximum Gasteiger partial charge on any atom is 0.115 e. The zero-order chi connectivity index (χ0) is 19.6. The molecular weight excluding hydrogens is 347 g/mol. The first-order valence-electron chi connectivity index (χ1n) is 9.30. The van der Waals surface area contributed by atoms with Gasteiger partial charge in [-0.15, -0.1) is 6.58 Å². The van der Waals surface area contributed by atoms with Crippen LogP contribution in [0.4, 0.5) is 4.39 Å². The molecule has 0 spiro atoms. The largest absolute Gasteiger partial charge is 0.246 e. The third-order valence-electron chi connectivity index (χ3n) is 4.45. The Morgan fingerprint density at radius 3 is 1.64 bits per heavy atom. The van der Waals surface area contributed by atoms with Gasteiger partial charge in [0.05, 0.1) is 12.4 Å². The Bertz CT molecular complexity index is 937. The van der Waals surface area contributed by atoms with Crippen molar-refractivity contribution in [3.63, 3.8) is 0 Å². The van der Waals surface area contributed by atoms with E-state index < -0.39 is 6.67 Å². The van der Waals surface area contributed by atoms with Crippen molar-refractivity contribution in [3.8, 4) is 11.1 Å². The fourth-order valence-corrected chi connectivity index (χ4v) is 2.79. The second-order valence-electron chi connectivity index (χ2n) is 6.51. The van der Waals surface area contributed by atoms with E-state index in [2.05, 4.69) is 28.9 Å². The Morgan fingerprint density at radius 2 is 1.14 bits per heavy atom. The van der Waals surface area contributed by atoms with Gasteiger partial charge < -0.3 is 0 Å². The number of aryl methyl sites for hydroxylation is 1. The Kier molecular flexibility index (Phi) is 7.02. The van der Waals surface area contributed by atoms with Crippen molar-refractivity contribution in [1.29, 1.82) is 0 Å². The van der Waals surface area contributed by atoms with Crippen molar-refractivity contribution < 1.29 is 4.39 Å². The third-order valence-corrected chi connectivity index (χ3v) is 4.45. The van der Waals surface area contributed by atoms with Crippen LogP contribution in [0.1, 0.15) is 28.7 Å². The van der Waals surface area contributed by atoms with E-state index in [0.717, 1.165) is 35.1 Å². The molecule has 0 fully saturated rings. The van der Waals surface area contributed by atoms with Gasteiger partial charge in [0.1, 0.15) is 6.67 Å². The molecule has 0 aliphatic heterocycles. The van der Waals surface area contributed by atoms with Gasteiger partial charge in [0.15, 0.2) is 0 Å². The van der Waals surface area contributed by atoms with E-state index in [1.54, 1.807) is 12.4 Å². The van der Waals surface area contributed by atoms with Crippen LogP contribution in [-0.2, 0) is 13.1 Å². The third kappa shape index (κ3) is 5.58. The lowest BCUT2D eigenvalue weighted by Crippen LogP contribution is -1.86. The predicted octanol–water partition coefficient (Wildman–Crippen LogP) is 6.39. The molecule has 0 aliphatic rings. The molecule has 0 atom stereocenters. The molecule has 3 aromatic rings. The molecule has 3 rings (SSSR count). The summed E-state index contributed by atoms with van der Waals surface area (Å²) in [7, 11) is 0. The molecule has 0 amide bonds. The quantitative estimate of drug-likeness (QED) is 0.249. The zero-order valence-corrected chi connectivity index (χ0v) is 15.8. The van der Waals surface area contributed by atoms with Gasteiger partial charge in [0.25, 0.3) is 0 Å². The number of allylic oxidation sites excluding steroid dienone is 1. The molecule has 2 nitrogen and oxygen atoms in total. The highest BCUT2D eigenvalue weighted by Crippen LogP contribution is 2.20. The fourth-order valence-electron chi connectivity index (χ4n) is 2.79. The van der Waals surface area contributed by atoms with Crippen molar-refractivity contribution in [3.05, 3.63) is 108 Å². The Morgan fingerprint density at radius 1 is 0.679 bits per heavy atom. The van der Waals surface area contributed by atoms with Gasteiger partial charge in [0.2, 0.25) is 0 Å². The van der Waals surface area contributed by atoms with Crippen LogP contribution < -0.4 is 0 Å². The molecule has 0 aliphatic carbocycles. The maximum atomic E-state index is 12.6. The van der Waals surface area contributed by atoms with Gasteiger partial charge >= 0.3 is 0 Å². The summed E-state index contributed by atoms with van der Waals surface area (Å²) in [5.74, 6) is 0. The average Bonchev–Trinajstić information content (AvgIpc) is 2.76. The first-order chi connectivity index (χ1) is 13.8. The van der Waals surface area contributed by atoms with Gasteiger partial charge in [-0.25, -0.2) is 4.39 Å². The minimum Gasteiger partial charge on any atom is -0.246 e. The number of nitrogens with zero attached hydrogens (tertiary/aromatic N) is 2. The first-order valence-corrected chi connectivity index (χ1v) is 9.30. The summed E-state index contributed by atoms with van der Waals surface area (Å²) in [4.78, 5) is 0. The Hall–Kier alpha value is -3.33. The predicted molar refractivity (Wildman–Crippen MR) is 117 cm³/mol. The molecule has 3 aromatic carbocycles. The summed E-state index contributed by atoms with van der Waals surface area (Å²) in [5, 5.41) is 8.24. The number of alkyl halides is 1. The molecule has 140 valence electrons. The summed E-state index contributed by atoms with van der Waals surface area (Å²) < 4.78 is 12.6. The lowest BCUT2D eigenvalue weighted by Gasteiger charge is -2.03. The van der Waals surface area contributed by atoms with E-state index in [4.69, 9.17) is 0 Å². The molecule has 0 unspecified atom stereocenters. The van der Waals surface area contributed by atoms with Crippen LogP contribution in [0.15, 0.2) is 95.7 Å².